The molecule has 0 amide bonds. The van der Waals surface area contributed by atoms with Gasteiger partial charge < -0.3 is 9.47 Å². The third-order valence-electron chi connectivity index (χ3n) is 7.89. The molecule has 0 aliphatic rings. The Balaban J connectivity index is 1.48. The second-order valence-corrected chi connectivity index (χ2v) is 11.5. The van der Waals surface area contributed by atoms with Crippen LogP contribution in [0.5, 0.6) is 11.5 Å². The Kier molecular flexibility index (Phi) is 15.5. The molecule has 0 saturated heterocycles. The highest BCUT2D eigenvalue weighted by Gasteiger charge is 2.19. The van der Waals surface area contributed by atoms with Gasteiger partial charge in [-0.1, -0.05) is 102 Å². The van der Waals surface area contributed by atoms with Gasteiger partial charge in [0.15, 0.2) is 11.5 Å². The minimum Gasteiger partial charge on any atom is -0.490 e. The fourth-order valence-electron chi connectivity index (χ4n) is 5.23. The molecule has 3 rings (SSSR count). The van der Waals surface area contributed by atoms with Crippen LogP contribution >= 0.6 is 0 Å². The number of ether oxygens (including phenoxy) is 2. The molecular formula is C37H47F5O2. The lowest BCUT2D eigenvalue weighted by Gasteiger charge is -2.14. The van der Waals surface area contributed by atoms with Crippen molar-refractivity contribution in [2.75, 3.05) is 13.2 Å². The predicted molar refractivity (Wildman–Crippen MR) is 168 cm³/mol. The zero-order valence-electron chi connectivity index (χ0n) is 26.2. The smallest absolute Gasteiger partial charge is 0.204 e. The molecule has 1 atom stereocenters. The molecule has 0 fully saturated rings. The summed E-state index contributed by atoms with van der Waals surface area (Å²) in [6, 6.07) is 11.2. The van der Waals surface area contributed by atoms with Crippen molar-refractivity contribution in [3.8, 4) is 22.6 Å². The van der Waals surface area contributed by atoms with E-state index in [9.17, 15) is 22.0 Å². The first-order valence-corrected chi connectivity index (χ1v) is 16.3. The first-order chi connectivity index (χ1) is 21.3. The van der Waals surface area contributed by atoms with Gasteiger partial charge in [0.25, 0.3) is 0 Å². The Hall–Kier alpha value is -3.09. The van der Waals surface area contributed by atoms with Crippen molar-refractivity contribution in [2.24, 2.45) is 0 Å². The zero-order valence-corrected chi connectivity index (χ0v) is 26.2. The van der Waals surface area contributed by atoms with E-state index in [1.54, 1.807) is 6.07 Å². The minimum atomic E-state index is -1.61. The van der Waals surface area contributed by atoms with Crippen molar-refractivity contribution >= 4 is 0 Å². The van der Waals surface area contributed by atoms with E-state index in [1.807, 2.05) is 6.07 Å². The molecule has 2 nitrogen and oxygen atoms in total. The summed E-state index contributed by atoms with van der Waals surface area (Å²) in [6.45, 7) is 4.34. The van der Waals surface area contributed by atoms with Crippen LogP contribution in [0.2, 0.25) is 0 Å². The van der Waals surface area contributed by atoms with E-state index < -0.39 is 29.4 Å². The van der Waals surface area contributed by atoms with Gasteiger partial charge in [-0.25, -0.2) is 13.2 Å². The van der Waals surface area contributed by atoms with Gasteiger partial charge in [0.1, 0.15) is 17.8 Å². The van der Waals surface area contributed by atoms with E-state index in [0.29, 0.717) is 0 Å². The van der Waals surface area contributed by atoms with Crippen LogP contribution in [0.1, 0.15) is 115 Å². The maximum Gasteiger partial charge on any atom is 0.204 e. The molecule has 242 valence electrons. The van der Waals surface area contributed by atoms with Crippen molar-refractivity contribution in [3.63, 3.8) is 0 Å². The zero-order chi connectivity index (χ0) is 31.7. The molecule has 7 heteroatoms. The molecule has 0 radical (unpaired) electrons. The fraction of sp³-hybridized carbons (Fsp3) is 0.514. The normalized spacial score (nSPS) is 12.0. The largest absolute Gasteiger partial charge is 0.490 e. The number of aryl methyl sites for hydroxylation is 1. The summed E-state index contributed by atoms with van der Waals surface area (Å²) in [7, 11) is 0. The van der Waals surface area contributed by atoms with Crippen LogP contribution in [0.15, 0.2) is 48.5 Å². The van der Waals surface area contributed by atoms with Gasteiger partial charge in [0.2, 0.25) is 11.6 Å². The molecule has 0 saturated carbocycles. The number of benzene rings is 3. The summed E-state index contributed by atoms with van der Waals surface area (Å²) >= 11 is 0. The summed E-state index contributed by atoms with van der Waals surface area (Å²) in [5.41, 5.74) is 1.10. The Bertz CT molecular complexity index is 1280. The van der Waals surface area contributed by atoms with Gasteiger partial charge in [-0.15, -0.1) is 0 Å². The average Bonchev–Trinajstić information content (AvgIpc) is 3.01. The van der Waals surface area contributed by atoms with Gasteiger partial charge in [0, 0.05) is 17.5 Å². The molecule has 3 aromatic carbocycles. The Morgan fingerprint density at radius 2 is 1.09 bits per heavy atom. The highest BCUT2D eigenvalue weighted by Crippen LogP contribution is 2.32. The van der Waals surface area contributed by atoms with Crippen LogP contribution in [-0.2, 0) is 6.42 Å². The summed E-state index contributed by atoms with van der Waals surface area (Å²) in [5.74, 6) is -4.14. The van der Waals surface area contributed by atoms with Crippen molar-refractivity contribution in [1.29, 1.82) is 0 Å². The third-order valence-corrected chi connectivity index (χ3v) is 7.89. The third kappa shape index (κ3) is 11.1. The molecular weight excluding hydrogens is 571 g/mol. The van der Waals surface area contributed by atoms with Crippen LogP contribution in [-0.4, -0.2) is 13.2 Å². The number of hydrogen-bond acceptors (Lipinski definition) is 2. The van der Waals surface area contributed by atoms with Gasteiger partial charge in [-0.05, 0) is 54.7 Å². The summed E-state index contributed by atoms with van der Waals surface area (Å²) in [4.78, 5) is 0. The maximum absolute atomic E-state index is 15.0. The van der Waals surface area contributed by atoms with Crippen molar-refractivity contribution in [1.82, 2.24) is 0 Å². The molecule has 0 aromatic heterocycles. The Labute approximate surface area is 260 Å². The van der Waals surface area contributed by atoms with Crippen molar-refractivity contribution in [3.05, 3.63) is 82.9 Å². The lowest BCUT2D eigenvalue weighted by molar-refractivity contribution is 0.226. The highest BCUT2D eigenvalue weighted by molar-refractivity contribution is 5.65. The van der Waals surface area contributed by atoms with E-state index in [2.05, 4.69) is 13.8 Å². The number of alkyl halides is 1. The van der Waals surface area contributed by atoms with Crippen LogP contribution in [0, 0.1) is 23.3 Å². The fourth-order valence-corrected chi connectivity index (χ4v) is 5.23. The number of rotatable bonds is 21. The molecule has 0 heterocycles. The SMILES string of the molecule is CCCCCCCCCc1ccc(-c2ccc(C(F)CCOc3ccc(OCCCCCCC)c(F)c3F)cc2F)c(F)c1. The Morgan fingerprint density at radius 3 is 1.68 bits per heavy atom. The summed E-state index contributed by atoms with van der Waals surface area (Å²) in [6.07, 6.45) is 12.2. The molecule has 0 aliphatic carbocycles. The van der Waals surface area contributed by atoms with E-state index in [-0.39, 0.29) is 47.8 Å². The average molecular weight is 619 g/mol. The van der Waals surface area contributed by atoms with Gasteiger partial charge >= 0.3 is 0 Å². The number of unbranched alkanes of at least 4 members (excludes halogenated alkanes) is 10. The maximum atomic E-state index is 15.0. The van der Waals surface area contributed by atoms with Gasteiger partial charge in [0.05, 0.1) is 13.2 Å². The van der Waals surface area contributed by atoms with E-state index in [4.69, 9.17) is 9.47 Å². The monoisotopic (exact) mass is 618 g/mol. The first-order valence-electron chi connectivity index (χ1n) is 16.3. The molecule has 3 aromatic rings. The lowest BCUT2D eigenvalue weighted by Crippen LogP contribution is -2.06. The van der Waals surface area contributed by atoms with Crippen LogP contribution in [0.3, 0.4) is 0 Å². The van der Waals surface area contributed by atoms with E-state index in [0.717, 1.165) is 63.0 Å². The van der Waals surface area contributed by atoms with Crippen LogP contribution in [0.4, 0.5) is 22.0 Å². The van der Waals surface area contributed by atoms with Crippen LogP contribution in [0.25, 0.3) is 11.1 Å². The Morgan fingerprint density at radius 1 is 0.568 bits per heavy atom. The van der Waals surface area contributed by atoms with Gasteiger partial charge in [-0.2, -0.15) is 8.78 Å². The van der Waals surface area contributed by atoms with E-state index in [1.165, 1.54) is 62.4 Å². The van der Waals surface area contributed by atoms with Gasteiger partial charge in [-0.3, -0.25) is 0 Å². The second-order valence-electron chi connectivity index (χ2n) is 11.5. The lowest BCUT2D eigenvalue weighted by atomic mass is 9.97. The number of hydrogen-bond donors (Lipinski definition) is 0. The molecule has 0 spiro atoms. The molecule has 0 bridgehead atoms. The van der Waals surface area contributed by atoms with Crippen molar-refractivity contribution in [2.45, 2.75) is 110 Å². The minimum absolute atomic E-state index is 0.0537. The molecule has 1 unspecified atom stereocenters. The van der Waals surface area contributed by atoms with Crippen LogP contribution < -0.4 is 9.47 Å². The molecule has 0 N–H and O–H groups in total. The predicted octanol–water partition coefficient (Wildman–Crippen LogP) is 12.0. The highest BCUT2D eigenvalue weighted by atomic mass is 19.2. The second kappa shape index (κ2) is 19.3. The van der Waals surface area contributed by atoms with E-state index >= 15 is 0 Å². The number of halogens is 5. The standard InChI is InChI=1S/C37H47F5O2/c1-3-5-7-9-10-11-13-15-27-16-18-29(32(39)25-27)30-19-17-28(26-33(30)40)31(38)22-24-44-35-21-20-34(36(41)37(35)42)43-23-14-12-8-6-4-2/h16-21,25-26,31H,3-15,22-24H2,1-2H3. The summed E-state index contributed by atoms with van der Waals surface area (Å²) in [5, 5.41) is 0. The van der Waals surface area contributed by atoms with Crippen molar-refractivity contribution < 1.29 is 31.4 Å². The topological polar surface area (TPSA) is 18.5 Å². The summed E-state index contributed by atoms with van der Waals surface area (Å²) < 4.78 is 84.3. The first kappa shape index (κ1) is 35.4. The molecule has 44 heavy (non-hydrogen) atoms. The quantitative estimate of drug-likeness (QED) is 0.0873. The molecule has 0 aliphatic heterocycles.